The summed E-state index contributed by atoms with van der Waals surface area (Å²) >= 11 is 0. The van der Waals surface area contributed by atoms with Crippen LogP contribution in [0.4, 0.5) is 16.2 Å². The lowest BCUT2D eigenvalue weighted by atomic mass is 10.2. The summed E-state index contributed by atoms with van der Waals surface area (Å²) in [5.41, 5.74) is 1.49. The lowest BCUT2D eigenvalue weighted by Crippen LogP contribution is -2.39. The normalized spacial score (nSPS) is 14.2. The maximum atomic E-state index is 12.0. The molecule has 1 fully saturated rings. The minimum atomic E-state index is -1.01. The van der Waals surface area contributed by atoms with E-state index >= 15 is 0 Å². The number of carbonyl (C=O) groups is 4. The van der Waals surface area contributed by atoms with Gasteiger partial charge >= 0.3 is 17.8 Å². The fourth-order valence-electron chi connectivity index (χ4n) is 2.17. The Balaban J connectivity index is 2.01. The molecule has 24 heavy (non-hydrogen) atoms. The van der Waals surface area contributed by atoms with Crippen molar-refractivity contribution in [2.24, 2.45) is 0 Å². The molecule has 1 aliphatic heterocycles. The quantitative estimate of drug-likeness (QED) is 0.470. The number of amides is 5. The molecule has 1 N–H and O–H groups in total. The van der Waals surface area contributed by atoms with Crippen LogP contribution in [0.1, 0.15) is 0 Å². The summed E-state index contributed by atoms with van der Waals surface area (Å²) in [6, 6.07) is 6.23. The Morgan fingerprint density at radius 2 is 1.71 bits per heavy atom. The molecule has 0 saturated carbocycles. The number of rotatable bonds is 6. The van der Waals surface area contributed by atoms with Crippen LogP contribution in [0.15, 0.2) is 36.9 Å². The summed E-state index contributed by atoms with van der Waals surface area (Å²) in [4.78, 5) is 50.8. The van der Waals surface area contributed by atoms with Crippen molar-refractivity contribution in [3.8, 4) is 0 Å². The zero-order chi connectivity index (χ0) is 17.9. The number of nitrogens with one attached hydrogen (secondary N) is 1. The summed E-state index contributed by atoms with van der Waals surface area (Å²) in [7, 11) is 3.79. The third-order valence-corrected chi connectivity index (χ3v) is 3.42. The van der Waals surface area contributed by atoms with Gasteiger partial charge in [0.1, 0.15) is 6.54 Å². The molecule has 0 aliphatic carbocycles. The van der Waals surface area contributed by atoms with Crippen molar-refractivity contribution in [2.45, 2.75) is 0 Å². The van der Waals surface area contributed by atoms with E-state index in [0.29, 0.717) is 10.6 Å². The zero-order valence-electron chi connectivity index (χ0n) is 13.5. The Morgan fingerprint density at radius 1 is 1.12 bits per heavy atom. The Labute approximate surface area is 139 Å². The van der Waals surface area contributed by atoms with Gasteiger partial charge in [0.15, 0.2) is 0 Å². The van der Waals surface area contributed by atoms with E-state index < -0.39 is 30.3 Å². The molecule has 1 heterocycles. The topological polar surface area (TPSA) is 90.0 Å². The minimum absolute atomic E-state index is 0.0759. The molecule has 1 aliphatic rings. The maximum absolute atomic E-state index is 12.0. The predicted octanol–water partition coefficient (Wildman–Crippen LogP) is 0.668. The average Bonchev–Trinajstić information content (AvgIpc) is 2.73. The van der Waals surface area contributed by atoms with Crippen LogP contribution < -0.4 is 10.2 Å². The van der Waals surface area contributed by atoms with Gasteiger partial charge in [-0.15, -0.1) is 6.58 Å². The first-order valence-corrected chi connectivity index (χ1v) is 7.20. The van der Waals surface area contributed by atoms with Crippen LogP contribution >= 0.6 is 0 Å². The highest BCUT2D eigenvalue weighted by Gasteiger charge is 2.44. The summed E-state index contributed by atoms with van der Waals surface area (Å²) in [5, 5.41) is 2.58. The van der Waals surface area contributed by atoms with Crippen LogP contribution in [0.25, 0.3) is 0 Å². The van der Waals surface area contributed by atoms with Gasteiger partial charge in [0.25, 0.3) is 0 Å². The van der Waals surface area contributed by atoms with Crippen molar-refractivity contribution in [1.82, 2.24) is 9.80 Å². The smallest absolute Gasteiger partial charge is 0.335 e. The fraction of sp³-hybridized carbons (Fsp3) is 0.250. The third kappa shape index (κ3) is 3.43. The van der Waals surface area contributed by atoms with Crippen molar-refractivity contribution < 1.29 is 19.2 Å². The number of hydrogen-bond acceptors (Lipinski definition) is 5. The van der Waals surface area contributed by atoms with Crippen molar-refractivity contribution in [3.63, 3.8) is 0 Å². The summed E-state index contributed by atoms with van der Waals surface area (Å²) in [6.45, 7) is 2.82. The molecule has 1 aromatic rings. The van der Waals surface area contributed by atoms with E-state index in [-0.39, 0.29) is 6.54 Å². The van der Waals surface area contributed by atoms with E-state index in [9.17, 15) is 19.2 Å². The molecule has 0 unspecified atom stereocenters. The van der Waals surface area contributed by atoms with Gasteiger partial charge < -0.3 is 10.2 Å². The van der Waals surface area contributed by atoms with Crippen molar-refractivity contribution in [1.29, 1.82) is 0 Å². The maximum Gasteiger partial charge on any atom is 0.335 e. The molecule has 0 atom stereocenters. The predicted molar refractivity (Wildman–Crippen MR) is 88.4 cm³/mol. The molecule has 2 rings (SSSR count). The summed E-state index contributed by atoms with van der Waals surface area (Å²) < 4.78 is 0. The largest absolute Gasteiger partial charge is 0.378 e. The highest BCUT2D eigenvalue weighted by atomic mass is 16.2. The number of anilines is 2. The molecule has 8 heteroatoms. The van der Waals surface area contributed by atoms with Crippen LogP contribution in [-0.4, -0.2) is 60.7 Å². The Hall–Kier alpha value is -3.16. The Morgan fingerprint density at radius 3 is 2.25 bits per heavy atom. The number of carbonyl (C=O) groups excluding carboxylic acids is 4. The van der Waals surface area contributed by atoms with Crippen LogP contribution in [0.2, 0.25) is 0 Å². The van der Waals surface area contributed by atoms with Crippen LogP contribution in [0.5, 0.6) is 0 Å². The van der Waals surface area contributed by atoms with E-state index in [1.807, 2.05) is 31.1 Å². The number of hydrogen-bond donors (Lipinski definition) is 1. The van der Waals surface area contributed by atoms with E-state index in [0.717, 1.165) is 10.6 Å². The number of urea groups is 1. The zero-order valence-corrected chi connectivity index (χ0v) is 13.5. The number of benzene rings is 1. The Kier molecular flexibility index (Phi) is 4.98. The summed E-state index contributed by atoms with van der Waals surface area (Å²) in [6.07, 6.45) is 1.33. The minimum Gasteiger partial charge on any atom is -0.378 e. The van der Waals surface area contributed by atoms with Gasteiger partial charge in [-0.2, -0.15) is 0 Å². The van der Waals surface area contributed by atoms with Gasteiger partial charge in [0.2, 0.25) is 5.91 Å². The standard InChI is InChI=1S/C16H18N4O4/c1-4-9-19-14(22)15(23)20(16(19)24)10-13(21)17-11-5-7-12(8-6-11)18(2)3/h4-8H,1,9-10H2,2-3H3,(H,17,21). The average molecular weight is 330 g/mol. The molecule has 0 spiro atoms. The number of imide groups is 2. The second kappa shape index (κ2) is 6.95. The monoisotopic (exact) mass is 330 g/mol. The van der Waals surface area contributed by atoms with Crippen LogP contribution in [0, 0.1) is 0 Å². The van der Waals surface area contributed by atoms with Crippen molar-refractivity contribution in [2.75, 3.05) is 37.4 Å². The van der Waals surface area contributed by atoms with E-state index in [2.05, 4.69) is 11.9 Å². The lowest BCUT2D eigenvalue weighted by molar-refractivity contribution is -0.143. The molecule has 5 amide bonds. The number of nitrogens with zero attached hydrogens (tertiary/aromatic N) is 3. The van der Waals surface area contributed by atoms with Gasteiger partial charge in [0.05, 0.1) is 0 Å². The van der Waals surface area contributed by atoms with Crippen molar-refractivity contribution >= 4 is 35.1 Å². The molecular formula is C16H18N4O4. The first-order chi connectivity index (χ1) is 11.3. The molecule has 1 aromatic carbocycles. The van der Waals surface area contributed by atoms with Crippen molar-refractivity contribution in [3.05, 3.63) is 36.9 Å². The van der Waals surface area contributed by atoms with E-state index in [1.54, 1.807) is 12.1 Å². The second-order valence-corrected chi connectivity index (χ2v) is 5.37. The molecule has 126 valence electrons. The molecule has 0 bridgehead atoms. The molecule has 8 nitrogen and oxygen atoms in total. The second-order valence-electron chi connectivity index (χ2n) is 5.37. The molecular weight excluding hydrogens is 312 g/mol. The lowest BCUT2D eigenvalue weighted by Gasteiger charge is -2.15. The van der Waals surface area contributed by atoms with E-state index in [4.69, 9.17) is 0 Å². The van der Waals surface area contributed by atoms with Crippen LogP contribution in [0.3, 0.4) is 0 Å². The van der Waals surface area contributed by atoms with Gasteiger partial charge in [-0.05, 0) is 24.3 Å². The van der Waals surface area contributed by atoms with E-state index in [1.165, 1.54) is 6.08 Å². The van der Waals surface area contributed by atoms with Crippen LogP contribution in [-0.2, 0) is 14.4 Å². The first-order valence-electron chi connectivity index (χ1n) is 7.20. The third-order valence-electron chi connectivity index (χ3n) is 3.42. The summed E-state index contributed by atoms with van der Waals surface area (Å²) in [5.74, 6) is -2.54. The Bertz CT molecular complexity index is 697. The highest BCUT2D eigenvalue weighted by Crippen LogP contribution is 2.16. The van der Waals surface area contributed by atoms with Gasteiger partial charge in [0, 0.05) is 32.0 Å². The highest BCUT2D eigenvalue weighted by molar-refractivity contribution is 6.45. The molecule has 1 saturated heterocycles. The first kappa shape index (κ1) is 17.2. The molecule has 0 radical (unpaired) electrons. The van der Waals surface area contributed by atoms with Gasteiger partial charge in [-0.1, -0.05) is 6.08 Å². The van der Waals surface area contributed by atoms with Gasteiger partial charge in [-0.25, -0.2) is 9.69 Å². The SMILES string of the molecule is C=CCN1C(=O)C(=O)N(CC(=O)Nc2ccc(N(C)C)cc2)C1=O. The van der Waals surface area contributed by atoms with Gasteiger partial charge in [-0.3, -0.25) is 19.3 Å². The fourth-order valence-corrected chi connectivity index (χ4v) is 2.17. The molecule has 0 aromatic heterocycles.